The summed E-state index contributed by atoms with van der Waals surface area (Å²) in [5, 5.41) is 11.1. The fraction of sp³-hybridized carbons (Fsp3) is 0.500. The maximum atomic E-state index is 11.6. The first kappa shape index (κ1) is 14.8. The quantitative estimate of drug-likeness (QED) is 0.572. The monoisotopic (exact) mass is 325 g/mol. The molecule has 0 aromatic carbocycles. The van der Waals surface area contributed by atoms with Crippen LogP contribution < -0.4 is 21.6 Å². The summed E-state index contributed by atoms with van der Waals surface area (Å²) in [5.41, 5.74) is 9.98. The third-order valence-corrected chi connectivity index (χ3v) is 4.19. The smallest absolute Gasteiger partial charge is 0.256 e. The highest BCUT2D eigenvalue weighted by molar-refractivity contribution is 6.25. The Morgan fingerprint density at radius 2 is 2.23 bits per heavy atom. The minimum absolute atomic E-state index is 0.105. The fourth-order valence-corrected chi connectivity index (χ4v) is 2.98. The Kier molecular flexibility index (Phi) is 3.99. The highest BCUT2D eigenvalue weighted by atomic mass is 35.5. The molecule has 0 saturated heterocycles. The van der Waals surface area contributed by atoms with E-state index in [1.165, 1.54) is 12.7 Å². The van der Waals surface area contributed by atoms with Crippen molar-refractivity contribution in [2.24, 2.45) is 5.73 Å². The number of hydrogen-bond acceptors (Lipinski definition) is 6. The molecule has 1 aliphatic rings. The van der Waals surface area contributed by atoms with Crippen molar-refractivity contribution in [2.75, 3.05) is 10.2 Å². The van der Waals surface area contributed by atoms with Crippen molar-refractivity contribution in [3.63, 3.8) is 0 Å². The third kappa shape index (κ3) is 2.53. The molecule has 1 fully saturated rings. The number of nitrogens with two attached hydrogens (primary N) is 1. The number of amides is 1. The van der Waals surface area contributed by atoms with Gasteiger partial charge in [0, 0.05) is 18.2 Å². The lowest BCUT2D eigenvalue weighted by Gasteiger charge is -2.27. The molecule has 3 rings (SSSR count). The Morgan fingerprint density at radius 1 is 1.45 bits per heavy atom. The third-order valence-electron chi connectivity index (χ3n) is 4.01. The largest absolute Gasteiger partial charge is 0.365 e. The first-order chi connectivity index (χ1) is 10.6. The molecule has 0 spiro atoms. The highest BCUT2D eigenvalue weighted by Gasteiger charge is 2.27. The number of carbonyl (C=O) groups is 1. The van der Waals surface area contributed by atoms with Crippen LogP contribution in [0.2, 0.25) is 0 Å². The molecule has 7 N–H and O–H groups in total. The van der Waals surface area contributed by atoms with E-state index in [0.29, 0.717) is 17.6 Å². The molecule has 118 valence electrons. The van der Waals surface area contributed by atoms with E-state index in [1.807, 2.05) is 0 Å². The van der Waals surface area contributed by atoms with Crippen molar-refractivity contribution >= 4 is 35.1 Å². The predicted octanol–water partition coefficient (Wildman–Crippen LogP) is -0.246. The topological polar surface area (TPSA) is 138 Å². The van der Waals surface area contributed by atoms with Gasteiger partial charge in [0.2, 0.25) is 5.95 Å². The molecule has 10 heteroatoms. The number of rotatable bonds is 4. The summed E-state index contributed by atoms with van der Waals surface area (Å²) in [5.74, 6) is -0.00445. The first-order valence-corrected chi connectivity index (χ1v) is 7.49. The number of fused-ring (bicyclic) bond motifs is 1. The average molecular weight is 326 g/mol. The molecule has 2 aromatic rings. The van der Waals surface area contributed by atoms with Crippen LogP contribution in [0.1, 0.15) is 36.0 Å². The van der Waals surface area contributed by atoms with Crippen LogP contribution >= 0.6 is 11.8 Å². The minimum Gasteiger partial charge on any atom is -0.365 e. The SMILES string of the molecule is NC(=O)c1c(NCl)nc(N[C@@H]2CCCC[C@@H]2[NH3+])n2cnnc12. The summed E-state index contributed by atoms with van der Waals surface area (Å²) in [6.45, 7) is 0. The highest BCUT2D eigenvalue weighted by Crippen LogP contribution is 2.24. The van der Waals surface area contributed by atoms with Crippen LogP contribution in [-0.4, -0.2) is 37.6 Å². The minimum atomic E-state index is -0.673. The fourth-order valence-electron chi connectivity index (χ4n) is 2.84. The van der Waals surface area contributed by atoms with Gasteiger partial charge >= 0.3 is 0 Å². The van der Waals surface area contributed by atoms with E-state index in [4.69, 9.17) is 17.5 Å². The van der Waals surface area contributed by atoms with E-state index in [0.717, 1.165) is 19.3 Å². The zero-order chi connectivity index (χ0) is 15.7. The Balaban J connectivity index is 2.04. The van der Waals surface area contributed by atoms with Crippen molar-refractivity contribution < 1.29 is 10.5 Å². The number of anilines is 2. The van der Waals surface area contributed by atoms with E-state index in [-0.39, 0.29) is 17.4 Å². The number of hydrogen-bond donors (Lipinski definition) is 4. The average Bonchev–Trinajstić information content (AvgIpc) is 2.98. The standard InChI is InChI=1S/C12H17ClN8O/c13-19-10-8(9(15)22)11-20-16-5-21(11)12(18-10)17-7-4-2-1-3-6(7)14/h5-7,19H,1-4,14H2,(H2,15,22)(H,17,18)/p+1/t6-,7+/m0/s1. The van der Waals surface area contributed by atoms with E-state index in [2.05, 4.69) is 31.1 Å². The maximum Gasteiger partial charge on any atom is 0.256 e. The number of halogens is 1. The molecule has 2 atom stereocenters. The van der Waals surface area contributed by atoms with Gasteiger partial charge < -0.3 is 16.8 Å². The van der Waals surface area contributed by atoms with Gasteiger partial charge in [-0.3, -0.25) is 14.0 Å². The second-order valence-corrected chi connectivity index (χ2v) is 5.63. The summed E-state index contributed by atoms with van der Waals surface area (Å²) >= 11 is 5.67. The number of aromatic nitrogens is 4. The molecule has 2 heterocycles. The summed E-state index contributed by atoms with van der Waals surface area (Å²) in [4.78, 5) is 18.3. The van der Waals surface area contributed by atoms with Gasteiger partial charge in [0.05, 0.1) is 6.04 Å². The van der Waals surface area contributed by atoms with Crippen molar-refractivity contribution in [3.8, 4) is 0 Å². The normalized spacial score (nSPS) is 21.7. The van der Waals surface area contributed by atoms with Crippen LogP contribution in [0, 0.1) is 0 Å². The van der Waals surface area contributed by atoms with Gasteiger partial charge in [0.1, 0.15) is 17.9 Å². The molecule has 1 aliphatic carbocycles. The van der Waals surface area contributed by atoms with Gasteiger partial charge in [0.15, 0.2) is 11.5 Å². The predicted molar refractivity (Wildman–Crippen MR) is 81.3 cm³/mol. The zero-order valence-electron chi connectivity index (χ0n) is 11.9. The molecule has 0 bridgehead atoms. The van der Waals surface area contributed by atoms with Gasteiger partial charge in [-0.15, -0.1) is 10.2 Å². The van der Waals surface area contributed by atoms with Gasteiger partial charge in [-0.1, -0.05) is 6.42 Å². The van der Waals surface area contributed by atoms with E-state index < -0.39 is 5.91 Å². The molecule has 0 unspecified atom stereocenters. The first-order valence-electron chi connectivity index (χ1n) is 7.11. The van der Waals surface area contributed by atoms with Gasteiger partial charge in [-0.05, 0) is 12.8 Å². The molecule has 1 saturated carbocycles. The van der Waals surface area contributed by atoms with Crippen molar-refractivity contribution in [1.29, 1.82) is 0 Å². The molecular formula is C12H18ClN8O+. The number of nitrogens with zero attached hydrogens (tertiary/aromatic N) is 4. The Labute approximate surface area is 131 Å². The van der Waals surface area contributed by atoms with Crippen molar-refractivity contribution in [2.45, 2.75) is 37.8 Å². The maximum absolute atomic E-state index is 11.6. The van der Waals surface area contributed by atoms with E-state index in [9.17, 15) is 4.79 Å². The molecule has 0 aliphatic heterocycles. The zero-order valence-corrected chi connectivity index (χ0v) is 12.7. The van der Waals surface area contributed by atoms with Gasteiger partial charge in [0.25, 0.3) is 5.91 Å². The number of primary amides is 1. The van der Waals surface area contributed by atoms with Gasteiger partial charge in [-0.2, -0.15) is 4.98 Å². The van der Waals surface area contributed by atoms with Crippen molar-refractivity contribution in [3.05, 3.63) is 11.9 Å². The van der Waals surface area contributed by atoms with Crippen LogP contribution in [0.25, 0.3) is 5.65 Å². The summed E-state index contributed by atoms with van der Waals surface area (Å²) in [6, 6.07) is 0.500. The molecular weight excluding hydrogens is 308 g/mol. The van der Waals surface area contributed by atoms with Crippen LogP contribution in [0.3, 0.4) is 0 Å². The second-order valence-electron chi connectivity index (χ2n) is 5.44. The lowest BCUT2D eigenvalue weighted by molar-refractivity contribution is -0.427. The Bertz CT molecular complexity index is 702. The number of quaternary nitrogens is 1. The van der Waals surface area contributed by atoms with Crippen LogP contribution in [0.15, 0.2) is 6.33 Å². The lowest BCUT2D eigenvalue weighted by atomic mass is 9.91. The molecule has 2 aromatic heterocycles. The van der Waals surface area contributed by atoms with Crippen LogP contribution in [0.4, 0.5) is 11.8 Å². The molecule has 0 radical (unpaired) electrons. The van der Waals surface area contributed by atoms with Crippen LogP contribution in [-0.2, 0) is 0 Å². The second kappa shape index (κ2) is 5.93. The Morgan fingerprint density at radius 3 is 2.91 bits per heavy atom. The van der Waals surface area contributed by atoms with Crippen LogP contribution in [0.5, 0.6) is 0 Å². The van der Waals surface area contributed by atoms with Crippen molar-refractivity contribution in [1.82, 2.24) is 19.6 Å². The summed E-state index contributed by atoms with van der Waals surface area (Å²) in [6.07, 6.45) is 5.91. The number of carbonyl (C=O) groups excluding carboxylic acids is 1. The summed E-state index contributed by atoms with van der Waals surface area (Å²) in [7, 11) is 0. The lowest BCUT2D eigenvalue weighted by Crippen LogP contribution is -2.68. The van der Waals surface area contributed by atoms with E-state index >= 15 is 0 Å². The molecule has 9 nitrogen and oxygen atoms in total. The molecule has 1 amide bonds. The van der Waals surface area contributed by atoms with E-state index in [1.54, 1.807) is 4.40 Å². The number of nitrogens with one attached hydrogen (secondary N) is 2. The Hall–Kier alpha value is -2.13. The molecule has 22 heavy (non-hydrogen) atoms. The van der Waals surface area contributed by atoms with Gasteiger partial charge in [-0.25, -0.2) is 0 Å². The summed E-state index contributed by atoms with van der Waals surface area (Å²) < 4.78 is 1.60.